The lowest BCUT2D eigenvalue weighted by Gasteiger charge is -2.10. The van der Waals surface area contributed by atoms with E-state index in [0.29, 0.717) is 44.8 Å². The first-order valence-electron chi connectivity index (χ1n) is 10.8. The number of nitrogens with zero attached hydrogens (tertiary/aromatic N) is 5. The molecule has 3 aromatic heterocycles. The predicted octanol–water partition coefficient (Wildman–Crippen LogP) is 3.28. The zero-order valence-corrected chi connectivity index (χ0v) is 20.0. The van der Waals surface area contributed by atoms with E-state index < -0.39 is 11.5 Å². The number of amides is 1. The number of halogens is 1. The highest BCUT2D eigenvalue weighted by Crippen LogP contribution is 2.20. The SMILES string of the molecule is COc1ccc(OCC(=O)Nc2cc(C)nn2-c2nc3c(cnn3-c3ccc(Cl)cc3)c(=O)[nH]2)cc1. The van der Waals surface area contributed by atoms with Crippen LogP contribution in [0.5, 0.6) is 11.5 Å². The molecule has 0 saturated heterocycles. The number of carbonyl (C=O) groups is 1. The number of benzene rings is 2. The summed E-state index contributed by atoms with van der Waals surface area (Å²) in [5.74, 6) is 1.21. The molecule has 182 valence electrons. The number of methoxy groups -OCH3 is 1. The molecule has 3 heterocycles. The van der Waals surface area contributed by atoms with Crippen molar-refractivity contribution in [1.29, 1.82) is 0 Å². The molecule has 12 heteroatoms. The molecule has 36 heavy (non-hydrogen) atoms. The number of ether oxygens (including phenoxy) is 2. The molecule has 0 unspecified atom stereocenters. The summed E-state index contributed by atoms with van der Waals surface area (Å²) in [5, 5.41) is 12.3. The van der Waals surface area contributed by atoms with Crippen LogP contribution in [-0.4, -0.2) is 49.2 Å². The lowest BCUT2D eigenvalue weighted by Crippen LogP contribution is -2.23. The van der Waals surface area contributed by atoms with Crippen molar-refractivity contribution in [2.24, 2.45) is 0 Å². The lowest BCUT2D eigenvalue weighted by molar-refractivity contribution is -0.118. The summed E-state index contributed by atoms with van der Waals surface area (Å²) in [5.41, 5.74) is 1.21. The third kappa shape index (κ3) is 4.64. The number of fused-ring (bicyclic) bond motifs is 1. The van der Waals surface area contributed by atoms with E-state index in [1.165, 1.54) is 15.6 Å². The van der Waals surface area contributed by atoms with Crippen LogP contribution in [0.2, 0.25) is 5.02 Å². The minimum absolute atomic E-state index is 0.114. The fourth-order valence-corrected chi connectivity index (χ4v) is 3.65. The molecule has 0 aliphatic rings. The van der Waals surface area contributed by atoms with Gasteiger partial charge in [-0.15, -0.1) is 0 Å². The zero-order valence-electron chi connectivity index (χ0n) is 19.2. The van der Waals surface area contributed by atoms with E-state index >= 15 is 0 Å². The number of H-pyrrole nitrogens is 1. The second-order valence-electron chi connectivity index (χ2n) is 7.75. The summed E-state index contributed by atoms with van der Waals surface area (Å²) >= 11 is 5.99. The molecule has 0 fully saturated rings. The second kappa shape index (κ2) is 9.55. The van der Waals surface area contributed by atoms with Crippen LogP contribution < -0.4 is 20.3 Å². The molecule has 0 atom stereocenters. The van der Waals surface area contributed by atoms with Crippen molar-refractivity contribution >= 4 is 34.4 Å². The van der Waals surface area contributed by atoms with Gasteiger partial charge in [0.05, 0.1) is 24.7 Å². The Morgan fingerprint density at radius 1 is 1.08 bits per heavy atom. The first-order valence-corrected chi connectivity index (χ1v) is 11.2. The normalized spacial score (nSPS) is 11.0. The maximum absolute atomic E-state index is 12.8. The van der Waals surface area contributed by atoms with Gasteiger partial charge in [0, 0.05) is 11.1 Å². The summed E-state index contributed by atoms with van der Waals surface area (Å²) < 4.78 is 13.5. The topological polar surface area (TPSA) is 129 Å². The highest BCUT2D eigenvalue weighted by Gasteiger charge is 2.17. The molecule has 0 aliphatic heterocycles. The molecule has 0 aliphatic carbocycles. The van der Waals surface area contributed by atoms with Gasteiger partial charge in [0.25, 0.3) is 11.5 Å². The Bertz CT molecular complexity index is 1600. The van der Waals surface area contributed by atoms with Crippen molar-refractivity contribution in [2.45, 2.75) is 6.92 Å². The van der Waals surface area contributed by atoms with Gasteiger partial charge in [-0.05, 0) is 55.5 Å². The van der Waals surface area contributed by atoms with Crippen molar-refractivity contribution in [2.75, 3.05) is 19.0 Å². The summed E-state index contributed by atoms with van der Waals surface area (Å²) in [4.78, 5) is 32.7. The van der Waals surface area contributed by atoms with Crippen molar-refractivity contribution in [1.82, 2.24) is 29.5 Å². The molecule has 2 N–H and O–H groups in total. The van der Waals surface area contributed by atoms with Gasteiger partial charge in [0.15, 0.2) is 12.3 Å². The van der Waals surface area contributed by atoms with Crippen LogP contribution in [0.1, 0.15) is 5.69 Å². The Morgan fingerprint density at radius 3 is 2.53 bits per heavy atom. The molecular formula is C24H20ClN7O4. The van der Waals surface area contributed by atoms with Crippen LogP contribution in [0, 0.1) is 6.92 Å². The van der Waals surface area contributed by atoms with E-state index in [1.807, 2.05) is 0 Å². The lowest BCUT2D eigenvalue weighted by atomic mass is 10.3. The summed E-state index contributed by atoms with van der Waals surface area (Å²) in [7, 11) is 1.57. The summed E-state index contributed by atoms with van der Waals surface area (Å²) in [6.45, 7) is 1.53. The fourth-order valence-electron chi connectivity index (χ4n) is 3.53. The molecule has 0 spiro atoms. The van der Waals surface area contributed by atoms with E-state index in [9.17, 15) is 9.59 Å². The average molecular weight is 506 g/mol. The highest BCUT2D eigenvalue weighted by atomic mass is 35.5. The van der Waals surface area contributed by atoms with Crippen LogP contribution in [0.15, 0.2) is 65.6 Å². The monoisotopic (exact) mass is 505 g/mol. The van der Waals surface area contributed by atoms with Gasteiger partial charge in [-0.3, -0.25) is 14.6 Å². The molecule has 0 radical (unpaired) electrons. The van der Waals surface area contributed by atoms with E-state index in [-0.39, 0.29) is 12.6 Å². The summed E-state index contributed by atoms with van der Waals surface area (Å²) in [6.07, 6.45) is 1.44. The van der Waals surface area contributed by atoms with Crippen molar-refractivity contribution in [3.8, 4) is 23.1 Å². The maximum atomic E-state index is 12.8. The van der Waals surface area contributed by atoms with Gasteiger partial charge in [-0.2, -0.15) is 19.9 Å². The van der Waals surface area contributed by atoms with Crippen LogP contribution >= 0.6 is 11.6 Å². The minimum atomic E-state index is -0.415. The number of anilines is 1. The number of hydrogen-bond acceptors (Lipinski definition) is 7. The van der Waals surface area contributed by atoms with Crippen molar-refractivity contribution in [3.63, 3.8) is 0 Å². The third-order valence-corrected chi connectivity index (χ3v) is 5.48. The molecular weight excluding hydrogens is 486 g/mol. The quantitative estimate of drug-likeness (QED) is 0.347. The number of rotatable bonds is 7. The Labute approximate surface area is 209 Å². The standard InChI is InChI=1S/C24H20ClN7O4/c1-14-11-20(27-21(33)13-36-18-9-7-17(35-2)8-10-18)32(30-14)24-28-22-19(23(34)29-24)12-26-31(22)16-5-3-15(25)4-6-16/h3-12H,13H2,1-2H3,(H,27,33)(H,28,29,34). The van der Waals surface area contributed by atoms with Gasteiger partial charge in [0.2, 0.25) is 5.95 Å². The summed E-state index contributed by atoms with van der Waals surface area (Å²) in [6, 6.07) is 15.5. The minimum Gasteiger partial charge on any atom is -0.497 e. The fraction of sp³-hybridized carbons (Fsp3) is 0.125. The Balaban J connectivity index is 1.42. The van der Waals surface area contributed by atoms with Gasteiger partial charge in [0.1, 0.15) is 22.7 Å². The number of carbonyl (C=O) groups excluding carboxylic acids is 1. The number of aromatic amines is 1. The first kappa shape index (κ1) is 23.1. The Morgan fingerprint density at radius 2 is 1.81 bits per heavy atom. The van der Waals surface area contributed by atoms with Crippen LogP contribution in [0.4, 0.5) is 5.82 Å². The number of aromatic nitrogens is 6. The smallest absolute Gasteiger partial charge is 0.263 e. The molecule has 5 rings (SSSR count). The molecule has 1 amide bonds. The van der Waals surface area contributed by atoms with E-state index in [4.69, 9.17) is 21.1 Å². The van der Waals surface area contributed by atoms with Crippen LogP contribution in [-0.2, 0) is 4.79 Å². The predicted molar refractivity (Wildman–Crippen MR) is 133 cm³/mol. The van der Waals surface area contributed by atoms with Crippen LogP contribution in [0.25, 0.3) is 22.7 Å². The van der Waals surface area contributed by atoms with Crippen molar-refractivity contribution < 1.29 is 14.3 Å². The molecule has 0 saturated carbocycles. The largest absolute Gasteiger partial charge is 0.497 e. The van der Waals surface area contributed by atoms with E-state index in [0.717, 1.165) is 0 Å². The Hall–Kier alpha value is -4.64. The highest BCUT2D eigenvalue weighted by molar-refractivity contribution is 6.30. The number of aryl methyl sites for hydroxylation is 1. The molecule has 2 aromatic carbocycles. The second-order valence-corrected chi connectivity index (χ2v) is 8.19. The van der Waals surface area contributed by atoms with E-state index in [1.54, 1.807) is 68.6 Å². The zero-order chi connectivity index (χ0) is 25.2. The first-order chi connectivity index (χ1) is 17.4. The average Bonchev–Trinajstić information content (AvgIpc) is 3.47. The third-order valence-electron chi connectivity index (χ3n) is 5.23. The Kier molecular flexibility index (Phi) is 6.13. The number of nitrogens with one attached hydrogen (secondary N) is 2. The van der Waals surface area contributed by atoms with Crippen molar-refractivity contribution in [3.05, 3.63) is 81.9 Å². The van der Waals surface area contributed by atoms with E-state index in [2.05, 4.69) is 25.5 Å². The van der Waals surface area contributed by atoms with Gasteiger partial charge in [-0.1, -0.05) is 11.6 Å². The van der Waals surface area contributed by atoms with Gasteiger partial charge in [-0.25, -0.2) is 4.68 Å². The molecule has 11 nitrogen and oxygen atoms in total. The van der Waals surface area contributed by atoms with Gasteiger partial charge >= 0.3 is 0 Å². The maximum Gasteiger partial charge on any atom is 0.263 e. The number of hydrogen-bond donors (Lipinski definition) is 2. The van der Waals surface area contributed by atoms with Gasteiger partial charge < -0.3 is 14.8 Å². The molecule has 0 bridgehead atoms. The molecule has 5 aromatic rings. The van der Waals surface area contributed by atoms with Crippen LogP contribution in [0.3, 0.4) is 0 Å².